The lowest BCUT2D eigenvalue weighted by Gasteiger charge is -2.10. The monoisotopic (exact) mass is 394 g/mol. The highest BCUT2D eigenvalue weighted by Gasteiger charge is 2.31. The molecule has 0 saturated carbocycles. The zero-order valence-electron chi connectivity index (χ0n) is 10.9. The summed E-state index contributed by atoms with van der Waals surface area (Å²) in [5, 5.41) is 0. The summed E-state index contributed by atoms with van der Waals surface area (Å²) in [5.41, 5.74) is -0.389. The number of rotatable bonds is 4. The molecule has 0 spiro atoms. The van der Waals surface area contributed by atoms with Crippen LogP contribution in [0.1, 0.15) is 11.1 Å². The van der Waals surface area contributed by atoms with Crippen molar-refractivity contribution in [2.45, 2.75) is 17.6 Å². The third-order valence-corrected chi connectivity index (χ3v) is 4.56. The van der Waals surface area contributed by atoms with Gasteiger partial charge in [0, 0.05) is 12.7 Å². The molecule has 0 bridgehead atoms. The van der Waals surface area contributed by atoms with Crippen LogP contribution in [-0.2, 0) is 22.7 Å². The van der Waals surface area contributed by atoms with Gasteiger partial charge in [-0.05, 0) is 51.8 Å². The minimum atomic E-state index is -4.60. The molecule has 0 atom stereocenters. The summed E-state index contributed by atoms with van der Waals surface area (Å²) in [5.74, 6) is 0. The second-order valence-electron chi connectivity index (χ2n) is 4.34. The number of benzene rings is 1. The van der Waals surface area contributed by atoms with E-state index in [1.165, 1.54) is 6.20 Å². The van der Waals surface area contributed by atoms with E-state index in [0.29, 0.717) is 16.2 Å². The lowest BCUT2D eigenvalue weighted by molar-refractivity contribution is -0.137. The minimum absolute atomic E-state index is 0.0559. The van der Waals surface area contributed by atoms with Crippen molar-refractivity contribution in [3.05, 3.63) is 58.3 Å². The second kappa shape index (κ2) is 6.35. The van der Waals surface area contributed by atoms with Gasteiger partial charge in [0.15, 0.2) is 0 Å². The first-order chi connectivity index (χ1) is 10.2. The zero-order valence-corrected chi connectivity index (χ0v) is 13.3. The van der Waals surface area contributed by atoms with Crippen molar-refractivity contribution < 1.29 is 21.6 Å². The molecule has 2 rings (SSSR count). The van der Waals surface area contributed by atoms with Crippen molar-refractivity contribution in [2.75, 3.05) is 0 Å². The van der Waals surface area contributed by atoms with Gasteiger partial charge in [-0.3, -0.25) is 0 Å². The maximum absolute atomic E-state index is 12.6. The second-order valence-corrected chi connectivity index (χ2v) is 6.92. The topological polar surface area (TPSA) is 59.1 Å². The zero-order chi connectivity index (χ0) is 16.4. The first-order valence-corrected chi connectivity index (χ1v) is 8.23. The average molecular weight is 395 g/mol. The van der Waals surface area contributed by atoms with E-state index in [2.05, 4.69) is 25.6 Å². The van der Waals surface area contributed by atoms with Crippen molar-refractivity contribution in [3.63, 3.8) is 0 Å². The van der Waals surface area contributed by atoms with Crippen molar-refractivity contribution in [2.24, 2.45) is 0 Å². The molecular weight excluding hydrogens is 385 g/mol. The molecule has 1 N–H and O–H groups in total. The summed E-state index contributed by atoms with van der Waals surface area (Å²) in [6.07, 6.45) is -3.11. The number of pyridine rings is 1. The van der Waals surface area contributed by atoms with Gasteiger partial charge >= 0.3 is 6.18 Å². The fourth-order valence-electron chi connectivity index (χ4n) is 1.65. The van der Waals surface area contributed by atoms with Gasteiger partial charge in [0.1, 0.15) is 4.60 Å². The van der Waals surface area contributed by atoms with E-state index < -0.39 is 26.7 Å². The standard InChI is InChI=1S/C13H10BrF3N2O2S/c14-12-6-9(4-5-18-12)8-19-22(20,21)11-3-1-2-10(7-11)13(15,16)17/h1-7,19H,8H2. The maximum Gasteiger partial charge on any atom is 0.416 e. The summed E-state index contributed by atoms with van der Waals surface area (Å²) in [6, 6.07) is 6.79. The van der Waals surface area contributed by atoms with Gasteiger partial charge in [-0.25, -0.2) is 18.1 Å². The van der Waals surface area contributed by atoms with E-state index in [1.807, 2.05) is 0 Å². The van der Waals surface area contributed by atoms with Gasteiger partial charge in [0.25, 0.3) is 0 Å². The van der Waals surface area contributed by atoms with Gasteiger partial charge in [-0.15, -0.1) is 0 Å². The van der Waals surface area contributed by atoms with Gasteiger partial charge in [0.2, 0.25) is 10.0 Å². The summed E-state index contributed by atoms with van der Waals surface area (Å²) in [4.78, 5) is 3.46. The highest BCUT2D eigenvalue weighted by atomic mass is 79.9. The number of aromatic nitrogens is 1. The molecule has 0 amide bonds. The Morgan fingerprint density at radius 3 is 2.55 bits per heavy atom. The Bertz CT molecular complexity index is 779. The summed E-state index contributed by atoms with van der Waals surface area (Å²) in [6.45, 7) is -0.0559. The Morgan fingerprint density at radius 1 is 1.18 bits per heavy atom. The van der Waals surface area contributed by atoms with Gasteiger partial charge in [0.05, 0.1) is 10.5 Å². The predicted octanol–water partition coefficient (Wildman–Crippen LogP) is 3.34. The van der Waals surface area contributed by atoms with E-state index in [1.54, 1.807) is 12.1 Å². The summed E-state index contributed by atoms with van der Waals surface area (Å²) in [7, 11) is -4.04. The predicted molar refractivity (Wildman–Crippen MR) is 77.4 cm³/mol. The number of hydrogen-bond acceptors (Lipinski definition) is 3. The van der Waals surface area contributed by atoms with E-state index in [-0.39, 0.29) is 6.54 Å². The van der Waals surface area contributed by atoms with Crippen LogP contribution in [0.25, 0.3) is 0 Å². The largest absolute Gasteiger partial charge is 0.416 e. The summed E-state index contributed by atoms with van der Waals surface area (Å²) >= 11 is 3.15. The van der Waals surface area contributed by atoms with Crippen molar-refractivity contribution in [1.82, 2.24) is 9.71 Å². The first kappa shape index (κ1) is 16.9. The van der Waals surface area contributed by atoms with E-state index in [0.717, 1.165) is 18.2 Å². The van der Waals surface area contributed by atoms with E-state index in [9.17, 15) is 21.6 Å². The molecule has 0 unspecified atom stereocenters. The Morgan fingerprint density at radius 2 is 1.91 bits per heavy atom. The van der Waals surface area contributed by atoms with E-state index >= 15 is 0 Å². The van der Waals surface area contributed by atoms with Crippen LogP contribution in [0.4, 0.5) is 13.2 Å². The van der Waals surface area contributed by atoms with Crippen molar-refractivity contribution in [3.8, 4) is 0 Å². The fourth-order valence-corrected chi connectivity index (χ4v) is 3.13. The van der Waals surface area contributed by atoms with Crippen LogP contribution in [-0.4, -0.2) is 13.4 Å². The van der Waals surface area contributed by atoms with Gasteiger partial charge < -0.3 is 0 Å². The van der Waals surface area contributed by atoms with E-state index in [4.69, 9.17) is 0 Å². The molecule has 4 nitrogen and oxygen atoms in total. The molecule has 1 aromatic carbocycles. The lowest BCUT2D eigenvalue weighted by atomic mass is 10.2. The third kappa shape index (κ3) is 4.28. The molecule has 1 aromatic heterocycles. The SMILES string of the molecule is O=S(=O)(NCc1ccnc(Br)c1)c1cccc(C(F)(F)F)c1. The number of alkyl halides is 3. The number of sulfonamides is 1. The van der Waals surface area contributed by atoms with Crippen LogP contribution in [0, 0.1) is 0 Å². The summed E-state index contributed by atoms with van der Waals surface area (Å²) < 4.78 is 64.8. The molecule has 0 radical (unpaired) electrons. The molecule has 0 fully saturated rings. The molecule has 9 heteroatoms. The number of nitrogens with one attached hydrogen (secondary N) is 1. The molecule has 0 saturated heterocycles. The van der Waals surface area contributed by atoms with Gasteiger partial charge in [-0.1, -0.05) is 6.07 Å². The molecular formula is C13H10BrF3N2O2S. The van der Waals surface area contributed by atoms with Crippen LogP contribution in [0.2, 0.25) is 0 Å². The third-order valence-electron chi connectivity index (χ3n) is 2.73. The first-order valence-electron chi connectivity index (χ1n) is 5.96. The number of hydrogen-bond donors (Lipinski definition) is 1. The molecule has 1 heterocycles. The van der Waals surface area contributed by atoms with Crippen molar-refractivity contribution in [1.29, 1.82) is 0 Å². The molecule has 118 valence electrons. The Labute approximate surface area is 133 Å². The van der Waals surface area contributed by atoms with Crippen LogP contribution in [0.5, 0.6) is 0 Å². The highest BCUT2D eigenvalue weighted by molar-refractivity contribution is 9.10. The Kier molecular flexibility index (Phi) is 4.88. The number of halogens is 4. The number of nitrogens with zero attached hydrogens (tertiary/aromatic N) is 1. The quantitative estimate of drug-likeness (QED) is 0.808. The van der Waals surface area contributed by atoms with Crippen LogP contribution < -0.4 is 4.72 Å². The molecule has 2 aromatic rings. The van der Waals surface area contributed by atoms with Crippen LogP contribution in [0.3, 0.4) is 0 Å². The smallest absolute Gasteiger partial charge is 0.249 e. The van der Waals surface area contributed by atoms with Gasteiger partial charge in [-0.2, -0.15) is 13.2 Å². The average Bonchev–Trinajstić information content (AvgIpc) is 2.45. The molecule has 22 heavy (non-hydrogen) atoms. The Balaban J connectivity index is 2.20. The Hall–Kier alpha value is -1.45. The molecule has 0 aliphatic rings. The lowest BCUT2D eigenvalue weighted by Crippen LogP contribution is -2.23. The fraction of sp³-hybridized carbons (Fsp3) is 0.154. The molecule has 0 aliphatic heterocycles. The normalized spacial score (nSPS) is 12.4. The van der Waals surface area contributed by atoms with Crippen molar-refractivity contribution >= 4 is 26.0 Å². The molecule has 0 aliphatic carbocycles. The minimum Gasteiger partial charge on any atom is -0.249 e. The van der Waals surface area contributed by atoms with Crippen LogP contribution >= 0.6 is 15.9 Å². The highest BCUT2D eigenvalue weighted by Crippen LogP contribution is 2.30. The van der Waals surface area contributed by atoms with Crippen LogP contribution in [0.15, 0.2) is 52.1 Å². The maximum atomic E-state index is 12.6.